The number of benzene rings is 1. The molecule has 0 aliphatic carbocycles. The molecule has 144 valence electrons. The molecule has 1 aromatic heterocycles. The summed E-state index contributed by atoms with van der Waals surface area (Å²) in [5, 5.41) is 2.95. The lowest BCUT2D eigenvalue weighted by atomic mass is 9.94. The van der Waals surface area contributed by atoms with Crippen molar-refractivity contribution in [1.29, 1.82) is 0 Å². The van der Waals surface area contributed by atoms with Crippen LogP contribution in [0.2, 0.25) is 0 Å². The molecule has 2 saturated heterocycles. The Morgan fingerprint density at radius 1 is 1.07 bits per heavy atom. The molecule has 0 unspecified atom stereocenters. The van der Waals surface area contributed by atoms with Gasteiger partial charge in [-0.25, -0.2) is 0 Å². The number of fused-ring (bicyclic) bond motifs is 1. The number of anilines is 1. The quantitative estimate of drug-likeness (QED) is 0.871. The van der Waals surface area contributed by atoms with E-state index in [0.717, 1.165) is 74.6 Å². The zero-order valence-electron chi connectivity index (χ0n) is 15.4. The molecule has 1 aromatic carbocycles. The van der Waals surface area contributed by atoms with Gasteiger partial charge in [0.15, 0.2) is 0 Å². The molecule has 0 saturated carbocycles. The van der Waals surface area contributed by atoms with Crippen LogP contribution in [0.15, 0.2) is 18.2 Å². The second-order valence-corrected chi connectivity index (χ2v) is 7.95. The Bertz CT molecular complexity index is 809. The number of nitrogens with zero attached hydrogens (tertiary/aromatic N) is 4. The van der Waals surface area contributed by atoms with Gasteiger partial charge in [-0.15, -0.1) is 0 Å². The molecule has 0 radical (unpaired) electrons. The van der Waals surface area contributed by atoms with E-state index in [4.69, 9.17) is 0 Å². The zero-order chi connectivity index (χ0) is 18.6. The average Bonchev–Trinajstić information content (AvgIpc) is 3.19. The number of nitrogens with one attached hydrogen (secondary N) is 1. The first-order chi connectivity index (χ1) is 13.2. The van der Waals surface area contributed by atoms with Gasteiger partial charge < -0.3 is 10.2 Å². The van der Waals surface area contributed by atoms with Gasteiger partial charge in [0, 0.05) is 19.0 Å². The predicted molar refractivity (Wildman–Crippen MR) is 106 cm³/mol. The van der Waals surface area contributed by atoms with Crippen molar-refractivity contribution in [2.45, 2.75) is 32.1 Å². The summed E-state index contributed by atoms with van der Waals surface area (Å²) in [5.41, 5.74) is 2.25. The summed E-state index contributed by atoms with van der Waals surface area (Å²) in [6.07, 6.45) is 5.18. The van der Waals surface area contributed by atoms with Gasteiger partial charge in [-0.05, 0) is 57.3 Å². The van der Waals surface area contributed by atoms with Crippen LogP contribution in [0.4, 0.5) is 5.69 Å². The third-order valence-corrected chi connectivity index (χ3v) is 6.07. The van der Waals surface area contributed by atoms with Crippen LogP contribution in [-0.2, 0) is 9.59 Å². The molecule has 4 rings (SSSR count). The molecule has 1 N–H and O–H groups in total. The summed E-state index contributed by atoms with van der Waals surface area (Å²) in [6.45, 7) is 3.76. The smallest absolute Gasteiger partial charge is 0.238 e. The maximum Gasteiger partial charge on any atom is 0.238 e. The normalized spacial score (nSPS) is 19.3. The Kier molecular flexibility index (Phi) is 5.63. The summed E-state index contributed by atoms with van der Waals surface area (Å²) in [6, 6.07) is 5.61. The van der Waals surface area contributed by atoms with E-state index in [1.54, 1.807) is 0 Å². The number of amides is 2. The van der Waals surface area contributed by atoms with Crippen molar-refractivity contribution in [2.24, 2.45) is 5.92 Å². The fraction of sp³-hybridized carbons (Fsp3) is 0.579. The van der Waals surface area contributed by atoms with E-state index in [-0.39, 0.29) is 11.8 Å². The van der Waals surface area contributed by atoms with Crippen molar-refractivity contribution in [1.82, 2.24) is 18.5 Å². The minimum Gasteiger partial charge on any atom is -0.342 e. The topological polar surface area (TPSA) is 78.4 Å². The van der Waals surface area contributed by atoms with Crippen LogP contribution in [0.25, 0.3) is 11.0 Å². The van der Waals surface area contributed by atoms with Crippen LogP contribution in [0.1, 0.15) is 32.1 Å². The third-order valence-electron chi connectivity index (χ3n) is 5.53. The van der Waals surface area contributed by atoms with Gasteiger partial charge in [0.25, 0.3) is 0 Å². The fourth-order valence-corrected chi connectivity index (χ4v) is 4.56. The molecule has 2 aliphatic heterocycles. The molecule has 2 aromatic rings. The number of hydrogen-bond acceptors (Lipinski definition) is 6. The monoisotopic (exact) mass is 387 g/mol. The highest BCUT2D eigenvalue weighted by Crippen LogP contribution is 2.23. The second kappa shape index (κ2) is 8.31. The molecule has 2 fully saturated rings. The van der Waals surface area contributed by atoms with E-state index in [0.29, 0.717) is 18.1 Å². The molecular weight excluding hydrogens is 362 g/mol. The summed E-state index contributed by atoms with van der Waals surface area (Å²) >= 11 is 1.15. The minimum atomic E-state index is -0.0451. The van der Waals surface area contributed by atoms with Crippen molar-refractivity contribution < 1.29 is 9.59 Å². The number of carbonyl (C=O) groups is 2. The third kappa shape index (κ3) is 4.27. The van der Waals surface area contributed by atoms with E-state index in [2.05, 4.69) is 19.0 Å². The van der Waals surface area contributed by atoms with Crippen LogP contribution in [0.5, 0.6) is 0 Å². The highest BCUT2D eigenvalue weighted by molar-refractivity contribution is 7.00. The predicted octanol–water partition coefficient (Wildman–Crippen LogP) is 2.35. The Morgan fingerprint density at radius 2 is 1.85 bits per heavy atom. The molecule has 2 amide bonds. The minimum absolute atomic E-state index is 0.0451. The zero-order valence-corrected chi connectivity index (χ0v) is 16.2. The molecular formula is C19H25N5O2S. The number of carbonyl (C=O) groups excluding carboxylic acids is 2. The first kappa shape index (κ1) is 18.3. The number of piperidine rings is 2. The van der Waals surface area contributed by atoms with Crippen molar-refractivity contribution in [3.63, 3.8) is 0 Å². The molecule has 2 aliphatic rings. The highest BCUT2D eigenvalue weighted by Gasteiger charge is 2.29. The fourth-order valence-electron chi connectivity index (χ4n) is 4.01. The SMILES string of the molecule is O=C(CN1CCC(C(=O)N2CCCCC2)CC1)Nc1cccc2nsnc12. The number of aromatic nitrogens is 2. The highest BCUT2D eigenvalue weighted by atomic mass is 32.1. The van der Waals surface area contributed by atoms with Crippen LogP contribution in [-0.4, -0.2) is 63.1 Å². The van der Waals surface area contributed by atoms with E-state index >= 15 is 0 Å². The van der Waals surface area contributed by atoms with Crippen LogP contribution >= 0.6 is 11.7 Å². The van der Waals surface area contributed by atoms with Crippen LogP contribution < -0.4 is 5.32 Å². The van der Waals surface area contributed by atoms with Crippen molar-refractivity contribution in [3.05, 3.63) is 18.2 Å². The van der Waals surface area contributed by atoms with Gasteiger partial charge in [0.1, 0.15) is 11.0 Å². The van der Waals surface area contributed by atoms with E-state index < -0.39 is 0 Å². The van der Waals surface area contributed by atoms with E-state index in [9.17, 15) is 9.59 Å². The Hall–Kier alpha value is -2.06. The standard InChI is InChI=1S/C19H25N5O2S/c25-17(20-15-5-4-6-16-18(15)22-27-21-16)13-23-11-7-14(8-12-23)19(26)24-9-2-1-3-10-24/h4-6,14H,1-3,7-13H2,(H,20,25). The summed E-state index contributed by atoms with van der Waals surface area (Å²) in [4.78, 5) is 29.2. The van der Waals surface area contributed by atoms with Gasteiger partial charge in [-0.1, -0.05) is 6.07 Å². The Labute approximate surface area is 163 Å². The average molecular weight is 388 g/mol. The molecule has 3 heterocycles. The van der Waals surface area contributed by atoms with E-state index in [1.807, 2.05) is 23.1 Å². The second-order valence-electron chi connectivity index (χ2n) is 7.42. The molecule has 8 heteroatoms. The molecule has 0 spiro atoms. The molecule has 0 atom stereocenters. The maximum absolute atomic E-state index is 12.6. The largest absolute Gasteiger partial charge is 0.342 e. The van der Waals surface area contributed by atoms with Crippen molar-refractivity contribution in [2.75, 3.05) is 38.0 Å². The summed E-state index contributed by atoms with van der Waals surface area (Å²) in [5.74, 6) is 0.398. The van der Waals surface area contributed by atoms with Gasteiger partial charge >= 0.3 is 0 Å². The van der Waals surface area contributed by atoms with E-state index in [1.165, 1.54) is 6.42 Å². The van der Waals surface area contributed by atoms with Gasteiger partial charge in [0.2, 0.25) is 11.8 Å². The van der Waals surface area contributed by atoms with Crippen LogP contribution in [0.3, 0.4) is 0 Å². The lowest BCUT2D eigenvalue weighted by Gasteiger charge is -2.35. The Morgan fingerprint density at radius 3 is 2.63 bits per heavy atom. The molecule has 0 bridgehead atoms. The Balaban J connectivity index is 1.27. The van der Waals surface area contributed by atoms with Crippen molar-refractivity contribution >= 4 is 40.3 Å². The molecule has 27 heavy (non-hydrogen) atoms. The van der Waals surface area contributed by atoms with Gasteiger partial charge in [0.05, 0.1) is 24.0 Å². The van der Waals surface area contributed by atoms with Gasteiger partial charge in [-0.2, -0.15) is 8.75 Å². The number of hydrogen-bond donors (Lipinski definition) is 1. The maximum atomic E-state index is 12.6. The summed E-state index contributed by atoms with van der Waals surface area (Å²) in [7, 11) is 0. The first-order valence-corrected chi connectivity index (χ1v) is 10.5. The van der Waals surface area contributed by atoms with Gasteiger partial charge in [-0.3, -0.25) is 14.5 Å². The lowest BCUT2D eigenvalue weighted by molar-refractivity contribution is -0.138. The molecule has 7 nitrogen and oxygen atoms in total. The lowest BCUT2D eigenvalue weighted by Crippen LogP contribution is -2.45. The number of rotatable bonds is 4. The first-order valence-electron chi connectivity index (χ1n) is 9.73. The number of likely N-dealkylation sites (tertiary alicyclic amines) is 2. The van der Waals surface area contributed by atoms with Crippen molar-refractivity contribution in [3.8, 4) is 0 Å². The summed E-state index contributed by atoms with van der Waals surface area (Å²) < 4.78 is 8.45. The van der Waals surface area contributed by atoms with Crippen LogP contribution in [0, 0.1) is 5.92 Å².